The highest BCUT2D eigenvalue weighted by Crippen LogP contribution is 2.35. The van der Waals surface area contributed by atoms with Gasteiger partial charge in [0.1, 0.15) is 0 Å². The summed E-state index contributed by atoms with van der Waals surface area (Å²) in [4.78, 5) is 3.83. The van der Waals surface area contributed by atoms with E-state index in [-0.39, 0.29) is 0 Å². The summed E-state index contributed by atoms with van der Waals surface area (Å²) in [6, 6.07) is 4.98. The average molecular weight is 291 g/mol. The molecular formula is C12H19ClN2S2. The van der Waals surface area contributed by atoms with Gasteiger partial charge in [-0.2, -0.15) is 11.8 Å². The van der Waals surface area contributed by atoms with Gasteiger partial charge in [-0.05, 0) is 19.1 Å². The van der Waals surface area contributed by atoms with Crippen LogP contribution >= 0.6 is 34.7 Å². The Labute approximate surface area is 117 Å². The highest BCUT2D eigenvalue weighted by Gasteiger charge is 2.31. The number of halogens is 1. The number of thiophene rings is 1. The molecule has 0 aliphatic carbocycles. The van der Waals surface area contributed by atoms with Gasteiger partial charge in [0.25, 0.3) is 0 Å². The summed E-state index contributed by atoms with van der Waals surface area (Å²) in [6.45, 7) is 6.39. The zero-order valence-corrected chi connectivity index (χ0v) is 12.6. The summed E-state index contributed by atoms with van der Waals surface area (Å²) in [7, 11) is 0. The molecule has 1 saturated heterocycles. The standard InChI is InChI=1S/C12H19ClN2S2/c1-8-9(2)16-6-5-15(8)10(7-14)11-3-4-12(13)17-11/h3-4,8-10H,5-7,14H2,1-2H3. The average Bonchev–Trinajstić information content (AvgIpc) is 2.72. The topological polar surface area (TPSA) is 29.3 Å². The molecular weight excluding hydrogens is 272 g/mol. The zero-order valence-electron chi connectivity index (χ0n) is 10.2. The van der Waals surface area contributed by atoms with Crippen LogP contribution in [0, 0.1) is 0 Å². The van der Waals surface area contributed by atoms with E-state index in [2.05, 4.69) is 36.6 Å². The van der Waals surface area contributed by atoms with E-state index in [1.165, 1.54) is 10.6 Å². The molecule has 0 aromatic carbocycles. The van der Waals surface area contributed by atoms with Gasteiger partial charge in [0, 0.05) is 35.0 Å². The first-order valence-corrected chi connectivity index (χ1v) is 8.20. The number of nitrogens with zero attached hydrogens (tertiary/aromatic N) is 1. The van der Waals surface area contributed by atoms with Crippen molar-refractivity contribution in [1.82, 2.24) is 4.90 Å². The summed E-state index contributed by atoms with van der Waals surface area (Å²) in [6.07, 6.45) is 0. The van der Waals surface area contributed by atoms with Gasteiger partial charge in [-0.3, -0.25) is 4.90 Å². The summed E-state index contributed by atoms with van der Waals surface area (Å²) < 4.78 is 0.852. The molecule has 2 N–H and O–H groups in total. The minimum absolute atomic E-state index is 0.325. The van der Waals surface area contributed by atoms with Crippen LogP contribution in [0.3, 0.4) is 0 Å². The molecule has 2 rings (SSSR count). The minimum atomic E-state index is 0.325. The molecule has 96 valence electrons. The third kappa shape index (κ3) is 2.99. The van der Waals surface area contributed by atoms with Crippen LogP contribution in [0.5, 0.6) is 0 Å². The van der Waals surface area contributed by atoms with E-state index in [0.29, 0.717) is 23.9 Å². The van der Waals surface area contributed by atoms with Crippen molar-refractivity contribution >= 4 is 34.7 Å². The minimum Gasteiger partial charge on any atom is -0.329 e. The lowest BCUT2D eigenvalue weighted by Gasteiger charge is -2.41. The van der Waals surface area contributed by atoms with Crippen molar-refractivity contribution < 1.29 is 0 Å². The first-order chi connectivity index (χ1) is 8.13. The van der Waals surface area contributed by atoms with Crippen molar-refractivity contribution in [2.45, 2.75) is 31.2 Å². The molecule has 0 saturated carbocycles. The van der Waals surface area contributed by atoms with Crippen molar-refractivity contribution in [3.05, 3.63) is 21.3 Å². The predicted octanol–water partition coefficient (Wildman–Crippen LogP) is 3.23. The maximum absolute atomic E-state index is 6.02. The molecule has 5 heteroatoms. The fourth-order valence-corrected chi connectivity index (χ4v) is 4.64. The third-order valence-electron chi connectivity index (χ3n) is 3.48. The van der Waals surface area contributed by atoms with E-state index in [1.807, 2.05) is 6.07 Å². The van der Waals surface area contributed by atoms with Gasteiger partial charge >= 0.3 is 0 Å². The molecule has 0 spiro atoms. The van der Waals surface area contributed by atoms with Crippen molar-refractivity contribution in [2.24, 2.45) is 5.73 Å². The Bertz CT molecular complexity index is 369. The number of hydrogen-bond donors (Lipinski definition) is 1. The fraction of sp³-hybridized carbons (Fsp3) is 0.667. The van der Waals surface area contributed by atoms with Gasteiger partial charge < -0.3 is 5.73 Å². The Kier molecular flexibility index (Phi) is 4.78. The van der Waals surface area contributed by atoms with Crippen molar-refractivity contribution in [2.75, 3.05) is 18.8 Å². The van der Waals surface area contributed by atoms with E-state index in [1.54, 1.807) is 11.3 Å². The third-order valence-corrected chi connectivity index (χ3v) is 6.15. The molecule has 1 aliphatic rings. The van der Waals surface area contributed by atoms with Gasteiger partial charge in [-0.1, -0.05) is 18.5 Å². The van der Waals surface area contributed by atoms with Gasteiger partial charge in [0.05, 0.1) is 10.4 Å². The largest absolute Gasteiger partial charge is 0.329 e. The second-order valence-electron chi connectivity index (χ2n) is 4.45. The molecule has 0 radical (unpaired) electrons. The quantitative estimate of drug-likeness (QED) is 0.927. The molecule has 2 heterocycles. The van der Waals surface area contributed by atoms with E-state index in [9.17, 15) is 0 Å². The second-order valence-corrected chi connectivity index (χ2v) is 7.68. The summed E-state index contributed by atoms with van der Waals surface area (Å²) in [5, 5.41) is 0.674. The highest BCUT2D eigenvalue weighted by atomic mass is 35.5. The van der Waals surface area contributed by atoms with Crippen molar-refractivity contribution in [1.29, 1.82) is 0 Å². The number of nitrogens with two attached hydrogens (primary N) is 1. The molecule has 3 atom stereocenters. The van der Waals surface area contributed by atoms with Crippen LogP contribution in [0.4, 0.5) is 0 Å². The normalized spacial score (nSPS) is 28.2. The number of rotatable bonds is 3. The molecule has 1 aromatic rings. The Morgan fingerprint density at radius 3 is 2.88 bits per heavy atom. The van der Waals surface area contributed by atoms with Crippen LogP contribution in [0.1, 0.15) is 24.8 Å². The van der Waals surface area contributed by atoms with Crippen LogP contribution in [-0.2, 0) is 0 Å². The van der Waals surface area contributed by atoms with Crippen LogP contribution in [-0.4, -0.2) is 35.0 Å². The molecule has 1 aromatic heterocycles. The van der Waals surface area contributed by atoms with Crippen LogP contribution < -0.4 is 5.73 Å². The Balaban J connectivity index is 2.17. The SMILES string of the molecule is CC1SCCN(C(CN)c2ccc(Cl)s2)C1C. The highest BCUT2D eigenvalue weighted by molar-refractivity contribution is 8.00. The first-order valence-electron chi connectivity index (χ1n) is 5.96. The van der Waals surface area contributed by atoms with Gasteiger partial charge in [0.2, 0.25) is 0 Å². The lowest BCUT2D eigenvalue weighted by Crippen LogP contribution is -2.48. The van der Waals surface area contributed by atoms with Gasteiger partial charge in [0.15, 0.2) is 0 Å². The Morgan fingerprint density at radius 1 is 1.53 bits per heavy atom. The lowest BCUT2D eigenvalue weighted by molar-refractivity contribution is 0.153. The lowest BCUT2D eigenvalue weighted by atomic mass is 10.1. The van der Waals surface area contributed by atoms with E-state index in [0.717, 1.165) is 10.9 Å². The smallest absolute Gasteiger partial charge is 0.0931 e. The summed E-state index contributed by atoms with van der Waals surface area (Å²) >= 11 is 9.73. The van der Waals surface area contributed by atoms with Crippen molar-refractivity contribution in [3.8, 4) is 0 Å². The Morgan fingerprint density at radius 2 is 2.29 bits per heavy atom. The van der Waals surface area contributed by atoms with E-state index >= 15 is 0 Å². The molecule has 1 aliphatic heterocycles. The van der Waals surface area contributed by atoms with E-state index < -0.39 is 0 Å². The van der Waals surface area contributed by atoms with E-state index in [4.69, 9.17) is 17.3 Å². The molecule has 0 amide bonds. The zero-order chi connectivity index (χ0) is 12.4. The number of hydrogen-bond acceptors (Lipinski definition) is 4. The maximum Gasteiger partial charge on any atom is 0.0931 e. The van der Waals surface area contributed by atoms with Gasteiger partial charge in [-0.15, -0.1) is 11.3 Å². The maximum atomic E-state index is 6.02. The van der Waals surface area contributed by atoms with Gasteiger partial charge in [-0.25, -0.2) is 0 Å². The number of thioether (sulfide) groups is 1. The Hall–Kier alpha value is 0.260. The predicted molar refractivity (Wildman–Crippen MR) is 79.2 cm³/mol. The monoisotopic (exact) mass is 290 g/mol. The second kappa shape index (κ2) is 5.93. The summed E-state index contributed by atoms with van der Waals surface area (Å²) in [5.74, 6) is 1.20. The molecule has 1 fully saturated rings. The molecule has 0 bridgehead atoms. The van der Waals surface area contributed by atoms with Crippen LogP contribution in [0.15, 0.2) is 12.1 Å². The molecule has 2 nitrogen and oxygen atoms in total. The fourth-order valence-electron chi connectivity index (χ4n) is 2.32. The summed E-state index contributed by atoms with van der Waals surface area (Å²) in [5.41, 5.74) is 5.97. The van der Waals surface area contributed by atoms with Crippen molar-refractivity contribution in [3.63, 3.8) is 0 Å². The molecule has 17 heavy (non-hydrogen) atoms. The van der Waals surface area contributed by atoms with Crippen LogP contribution in [0.25, 0.3) is 0 Å². The molecule has 3 unspecified atom stereocenters. The first kappa shape index (κ1) is 13.7. The van der Waals surface area contributed by atoms with Crippen LogP contribution in [0.2, 0.25) is 4.34 Å².